The van der Waals surface area contributed by atoms with Gasteiger partial charge in [0.1, 0.15) is 0 Å². The number of rotatable bonds is 7. The zero-order chi connectivity index (χ0) is 11.0. The summed E-state index contributed by atoms with van der Waals surface area (Å²) in [5, 5.41) is 2.86. The van der Waals surface area contributed by atoms with Crippen LogP contribution in [0.1, 0.15) is 6.42 Å². The minimum Gasteiger partial charge on any atom is -0.314 e. The molecule has 0 aliphatic carbocycles. The first-order chi connectivity index (χ1) is 6.42. The Labute approximate surface area is 82.2 Å². The van der Waals surface area contributed by atoms with E-state index in [9.17, 15) is 13.2 Å². The Morgan fingerprint density at radius 2 is 1.86 bits per heavy atom. The standard InChI is InChI=1S/C8H17F3N2O/c1-13(2)6-3-4-12-5-7-14-8(9,10)11/h12H,3-7H2,1-2H3. The van der Waals surface area contributed by atoms with Crippen molar-refractivity contribution in [1.29, 1.82) is 0 Å². The van der Waals surface area contributed by atoms with Crippen molar-refractivity contribution in [2.45, 2.75) is 12.8 Å². The molecule has 6 heteroatoms. The Balaban J connectivity index is 3.07. The van der Waals surface area contributed by atoms with Gasteiger partial charge < -0.3 is 10.2 Å². The summed E-state index contributed by atoms with van der Waals surface area (Å²) < 4.78 is 38.0. The molecule has 0 fully saturated rings. The van der Waals surface area contributed by atoms with E-state index in [1.54, 1.807) is 0 Å². The van der Waals surface area contributed by atoms with Gasteiger partial charge in [-0.2, -0.15) is 0 Å². The van der Waals surface area contributed by atoms with Gasteiger partial charge in [-0.05, 0) is 33.6 Å². The van der Waals surface area contributed by atoms with Crippen molar-refractivity contribution in [2.75, 3.05) is 40.3 Å². The third-order valence-electron chi connectivity index (χ3n) is 1.50. The van der Waals surface area contributed by atoms with E-state index in [0.717, 1.165) is 13.0 Å². The number of nitrogens with zero attached hydrogens (tertiary/aromatic N) is 1. The predicted octanol–water partition coefficient (Wildman–Crippen LogP) is 1.06. The third-order valence-corrected chi connectivity index (χ3v) is 1.50. The Hall–Kier alpha value is -0.330. The molecule has 14 heavy (non-hydrogen) atoms. The summed E-state index contributed by atoms with van der Waals surface area (Å²) in [5.74, 6) is 0. The highest BCUT2D eigenvalue weighted by atomic mass is 19.4. The van der Waals surface area contributed by atoms with Crippen molar-refractivity contribution in [3.8, 4) is 0 Å². The van der Waals surface area contributed by atoms with Crippen molar-refractivity contribution >= 4 is 0 Å². The molecule has 0 aromatic carbocycles. The van der Waals surface area contributed by atoms with Crippen molar-refractivity contribution in [3.05, 3.63) is 0 Å². The molecule has 86 valence electrons. The first-order valence-electron chi connectivity index (χ1n) is 4.48. The van der Waals surface area contributed by atoms with Gasteiger partial charge in [0.25, 0.3) is 0 Å². The summed E-state index contributed by atoms with van der Waals surface area (Å²) in [4.78, 5) is 2.02. The predicted molar refractivity (Wildman–Crippen MR) is 48.0 cm³/mol. The number of hydrogen-bond donors (Lipinski definition) is 1. The first kappa shape index (κ1) is 13.7. The molecule has 0 heterocycles. The topological polar surface area (TPSA) is 24.5 Å². The number of halogens is 3. The zero-order valence-corrected chi connectivity index (χ0v) is 8.52. The molecule has 0 saturated heterocycles. The molecule has 0 saturated carbocycles. The number of alkyl halides is 3. The van der Waals surface area contributed by atoms with Crippen LogP contribution in [0.5, 0.6) is 0 Å². The molecule has 0 aliphatic rings. The maximum atomic E-state index is 11.5. The van der Waals surface area contributed by atoms with E-state index < -0.39 is 6.36 Å². The normalized spacial score (nSPS) is 12.4. The fraction of sp³-hybridized carbons (Fsp3) is 1.00. The highest BCUT2D eigenvalue weighted by molar-refractivity contribution is 4.50. The summed E-state index contributed by atoms with van der Waals surface area (Å²) in [6.45, 7) is 1.53. The van der Waals surface area contributed by atoms with E-state index in [-0.39, 0.29) is 13.2 Å². The minimum absolute atomic E-state index is 0.229. The quantitative estimate of drug-likeness (QED) is 0.641. The summed E-state index contributed by atoms with van der Waals surface area (Å²) in [6.07, 6.45) is -3.59. The average Bonchev–Trinajstić information content (AvgIpc) is 2.00. The van der Waals surface area contributed by atoms with Gasteiger partial charge in [0.15, 0.2) is 0 Å². The van der Waals surface area contributed by atoms with Gasteiger partial charge in [-0.3, -0.25) is 4.74 Å². The van der Waals surface area contributed by atoms with Crippen molar-refractivity contribution < 1.29 is 17.9 Å². The van der Waals surface area contributed by atoms with Crippen LogP contribution < -0.4 is 5.32 Å². The highest BCUT2D eigenvalue weighted by Crippen LogP contribution is 2.14. The lowest BCUT2D eigenvalue weighted by Gasteiger charge is -2.10. The first-order valence-corrected chi connectivity index (χ1v) is 4.48. The van der Waals surface area contributed by atoms with Crippen LogP contribution in [-0.2, 0) is 4.74 Å². The molecular weight excluding hydrogens is 197 g/mol. The summed E-state index contributed by atoms with van der Waals surface area (Å²) in [5.41, 5.74) is 0. The lowest BCUT2D eigenvalue weighted by molar-refractivity contribution is -0.323. The van der Waals surface area contributed by atoms with E-state index >= 15 is 0 Å². The second kappa shape index (κ2) is 7.03. The van der Waals surface area contributed by atoms with Crippen LogP contribution in [0.25, 0.3) is 0 Å². The van der Waals surface area contributed by atoms with Crippen LogP contribution in [0.3, 0.4) is 0 Å². The molecule has 0 amide bonds. The molecule has 0 aliphatic heterocycles. The van der Waals surface area contributed by atoms with Crippen LogP contribution in [0, 0.1) is 0 Å². The molecule has 0 atom stereocenters. The molecule has 0 unspecified atom stereocenters. The smallest absolute Gasteiger partial charge is 0.314 e. The minimum atomic E-state index is -4.51. The number of hydrogen-bond acceptors (Lipinski definition) is 3. The number of ether oxygens (including phenoxy) is 1. The van der Waals surface area contributed by atoms with Gasteiger partial charge in [0.05, 0.1) is 6.61 Å². The SMILES string of the molecule is CN(C)CCCNCCOC(F)(F)F. The molecular formula is C8H17F3N2O. The summed E-state index contributed by atoms with van der Waals surface area (Å²) >= 11 is 0. The Bertz CT molecular complexity index is 139. The molecule has 0 radical (unpaired) electrons. The lowest BCUT2D eigenvalue weighted by atomic mass is 10.4. The average molecular weight is 214 g/mol. The van der Waals surface area contributed by atoms with Crippen LogP contribution in [0.4, 0.5) is 13.2 Å². The van der Waals surface area contributed by atoms with E-state index in [0.29, 0.717) is 6.54 Å². The molecule has 0 aromatic rings. The van der Waals surface area contributed by atoms with Crippen LogP contribution >= 0.6 is 0 Å². The molecule has 0 rings (SSSR count). The number of nitrogens with one attached hydrogen (secondary N) is 1. The monoisotopic (exact) mass is 214 g/mol. The van der Waals surface area contributed by atoms with E-state index in [1.165, 1.54) is 0 Å². The molecule has 3 nitrogen and oxygen atoms in total. The molecule has 1 N–H and O–H groups in total. The van der Waals surface area contributed by atoms with Gasteiger partial charge in [-0.25, -0.2) is 0 Å². The van der Waals surface area contributed by atoms with Crippen molar-refractivity contribution in [1.82, 2.24) is 10.2 Å². The Kier molecular flexibility index (Phi) is 6.86. The largest absolute Gasteiger partial charge is 0.522 e. The van der Waals surface area contributed by atoms with Crippen molar-refractivity contribution in [3.63, 3.8) is 0 Å². The fourth-order valence-corrected chi connectivity index (χ4v) is 0.884. The maximum absolute atomic E-state index is 11.5. The van der Waals surface area contributed by atoms with E-state index in [4.69, 9.17) is 0 Å². The Morgan fingerprint density at radius 1 is 1.21 bits per heavy atom. The van der Waals surface area contributed by atoms with Crippen LogP contribution in [-0.4, -0.2) is 51.6 Å². The fourth-order valence-electron chi connectivity index (χ4n) is 0.884. The van der Waals surface area contributed by atoms with Crippen LogP contribution in [0.15, 0.2) is 0 Å². The maximum Gasteiger partial charge on any atom is 0.522 e. The van der Waals surface area contributed by atoms with Crippen molar-refractivity contribution in [2.24, 2.45) is 0 Å². The Morgan fingerprint density at radius 3 is 2.36 bits per heavy atom. The van der Waals surface area contributed by atoms with Gasteiger partial charge in [0, 0.05) is 6.54 Å². The van der Waals surface area contributed by atoms with Gasteiger partial charge >= 0.3 is 6.36 Å². The molecule has 0 bridgehead atoms. The van der Waals surface area contributed by atoms with Gasteiger partial charge in [-0.1, -0.05) is 0 Å². The zero-order valence-electron chi connectivity index (χ0n) is 8.52. The second-order valence-electron chi connectivity index (χ2n) is 3.20. The lowest BCUT2D eigenvalue weighted by Crippen LogP contribution is -2.26. The summed E-state index contributed by atoms with van der Waals surface area (Å²) in [7, 11) is 3.90. The van der Waals surface area contributed by atoms with Crippen LogP contribution in [0.2, 0.25) is 0 Å². The van der Waals surface area contributed by atoms with Gasteiger partial charge in [0.2, 0.25) is 0 Å². The third kappa shape index (κ3) is 11.7. The second-order valence-corrected chi connectivity index (χ2v) is 3.20. The van der Waals surface area contributed by atoms with Gasteiger partial charge in [-0.15, -0.1) is 13.2 Å². The molecule has 0 aromatic heterocycles. The highest BCUT2D eigenvalue weighted by Gasteiger charge is 2.28. The molecule has 0 spiro atoms. The van der Waals surface area contributed by atoms with E-state index in [1.807, 2.05) is 19.0 Å². The van der Waals surface area contributed by atoms with E-state index in [2.05, 4.69) is 10.1 Å². The summed E-state index contributed by atoms with van der Waals surface area (Å²) in [6, 6.07) is 0.